The Labute approximate surface area is 177 Å². The maximum absolute atomic E-state index is 13.8. The lowest BCUT2D eigenvalue weighted by molar-refractivity contribution is -0.458. The maximum atomic E-state index is 13.8. The molecule has 22 heteroatoms. The molecule has 4 nitrogen and oxygen atoms in total. The summed E-state index contributed by atoms with van der Waals surface area (Å²) in [5, 5.41) is 1.30. The molecule has 0 aliphatic carbocycles. The van der Waals surface area contributed by atoms with Crippen LogP contribution in [0.1, 0.15) is 13.8 Å². The van der Waals surface area contributed by atoms with Crippen molar-refractivity contribution in [1.29, 1.82) is 0 Å². The molecule has 0 aliphatic heterocycles. The summed E-state index contributed by atoms with van der Waals surface area (Å²) in [6.45, 7) is -0.839. The summed E-state index contributed by atoms with van der Waals surface area (Å²) >= 11 is 0. The first-order chi connectivity index (χ1) is 14.4. The highest BCUT2D eigenvalue weighted by atomic mass is 32.2. The number of nitrogens with zero attached hydrogens (tertiary/aromatic N) is 1. The number of sulfonamides is 1. The van der Waals surface area contributed by atoms with Crippen LogP contribution in [-0.4, -0.2) is 77.6 Å². The first-order valence-corrected chi connectivity index (χ1v) is 9.24. The quantitative estimate of drug-likeness (QED) is 0.299. The number of aliphatic hydroxyl groups is 1. The summed E-state index contributed by atoms with van der Waals surface area (Å²) in [7, 11) is -7.46. The predicted molar refractivity (Wildman–Crippen MR) is 73.7 cm³/mol. The van der Waals surface area contributed by atoms with E-state index >= 15 is 0 Å². The van der Waals surface area contributed by atoms with E-state index in [1.165, 1.54) is 0 Å². The summed E-state index contributed by atoms with van der Waals surface area (Å²) < 4.78 is 245. The van der Waals surface area contributed by atoms with Crippen molar-refractivity contribution in [1.82, 2.24) is 4.31 Å². The van der Waals surface area contributed by atoms with Crippen molar-refractivity contribution in [2.75, 3.05) is 6.54 Å². The fraction of sp³-hybridized carbons (Fsp3) is 1.00. The topological polar surface area (TPSA) is 57.6 Å². The van der Waals surface area contributed by atoms with Gasteiger partial charge >= 0.3 is 47.0 Å². The van der Waals surface area contributed by atoms with Gasteiger partial charge in [-0.1, -0.05) is 6.92 Å². The normalized spacial score (nSPS) is 17.3. The zero-order valence-corrected chi connectivity index (χ0v) is 16.6. The Morgan fingerprint density at radius 3 is 1.12 bits per heavy atom. The second-order valence-corrected chi connectivity index (χ2v) is 8.23. The van der Waals surface area contributed by atoms with Gasteiger partial charge in [0, 0.05) is 6.54 Å². The van der Waals surface area contributed by atoms with Crippen molar-refractivity contribution < 1.29 is 88.2 Å². The summed E-state index contributed by atoms with van der Waals surface area (Å²) in [5.74, 6) is -51.9. The molecule has 1 unspecified atom stereocenters. The Balaban J connectivity index is 7.07. The average molecular weight is 571 g/mol. The molecule has 0 spiro atoms. The molecule has 0 bridgehead atoms. The Kier molecular flexibility index (Phi) is 8.05. The second kappa shape index (κ2) is 8.37. The molecule has 0 radical (unpaired) electrons. The van der Waals surface area contributed by atoms with Crippen LogP contribution in [0.25, 0.3) is 0 Å². The molecular weight excluding hydrogens is 561 g/mol. The van der Waals surface area contributed by atoms with Crippen LogP contribution in [0.15, 0.2) is 0 Å². The van der Waals surface area contributed by atoms with Gasteiger partial charge in [-0.25, -0.2) is 8.42 Å². The highest BCUT2D eigenvalue weighted by Gasteiger charge is 2.96. The largest absolute Gasteiger partial charge is 0.460 e. The SMILES string of the molecule is CCN(C(C)O)S(=O)(=O)C(F)(F)C(F)(F)C(F)(F)C(F)(F)C(F)(F)C(F)(F)C(F)(F)C(F)(F)F. The third kappa shape index (κ3) is 3.95. The summed E-state index contributed by atoms with van der Waals surface area (Å²) in [6, 6.07) is 0. The minimum Gasteiger partial charge on any atom is -0.378 e. The van der Waals surface area contributed by atoms with E-state index in [-0.39, 0.29) is 6.92 Å². The second-order valence-electron chi connectivity index (χ2n) is 6.30. The molecule has 206 valence electrons. The lowest BCUT2D eigenvalue weighted by Crippen LogP contribution is -2.75. The molecule has 0 aromatic carbocycles. The standard InChI is InChI=1S/C12H10F17NO3S/c1-3-30(4(2)31)34(32,33)12(28,29)10(23,24)8(19,20)6(15,16)5(13,14)7(17,18)9(21,22)11(25,26)27/h4,31H,3H2,1-2H3. The smallest absolute Gasteiger partial charge is 0.378 e. The number of rotatable bonds is 10. The van der Waals surface area contributed by atoms with Gasteiger partial charge in [0.05, 0.1) is 0 Å². The molecule has 1 N–H and O–H groups in total. The van der Waals surface area contributed by atoms with E-state index in [2.05, 4.69) is 0 Å². The summed E-state index contributed by atoms with van der Waals surface area (Å²) in [4.78, 5) is 0. The highest BCUT2D eigenvalue weighted by molar-refractivity contribution is 7.90. The Hall–Kier alpha value is -1.32. The highest BCUT2D eigenvalue weighted by Crippen LogP contribution is 2.64. The van der Waals surface area contributed by atoms with E-state index in [9.17, 15) is 83.1 Å². The van der Waals surface area contributed by atoms with Crippen LogP contribution in [0.5, 0.6) is 0 Å². The first kappa shape index (κ1) is 32.7. The fourth-order valence-corrected chi connectivity index (χ4v) is 3.58. The van der Waals surface area contributed by atoms with Crippen molar-refractivity contribution in [3.63, 3.8) is 0 Å². The summed E-state index contributed by atoms with van der Waals surface area (Å²) in [6.07, 6.45) is -10.7. The molecule has 34 heavy (non-hydrogen) atoms. The zero-order chi connectivity index (χ0) is 28.4. The van der Waals surface area contributed by atoms with E-state index in [0.717, 1.165) is 0 Å². The molecule has 0 saturated carbocycles. The zero-order valence-electron chi connectivity index (χ0n) is 15.8. The van der Waals surface area contributed by atoms with Crippen molar-refractivity contribution in [2.24, 2.45) is 0 Å². The fourth-order valence-electron chi connectivity index (χ4n) is 2.09. The molecule has 0 rings (SSSR count). The Bertz CT molecular complexity index is 848. The number of halogens is 17. The van der Waals surface area contributed by atoms with Gasteiger partial charge in [-0.05, 0) is 6.92 Å². The molecule has 0 fully saturated rings. The van der Waals surface area contributed by atoms with Gasteiger partial charge in [-0.2, -0.15) is 78.9 Å². The molecule has 0 heterocycles. The van der Waals surface area contributed by atoms with Crippen molar-refractivity contribution >= 4 is 10.0 Å². The van der Waals surface area contributed by atoms with Crippen LogP contribution in [0.4, 0.5) is 74.6 Å². The van der Waals surface area contributed by atoms with Crippen LogP contribution in [0.2, 0.25) is 0 Å². The van der Waals surface area contributed by atoms with Crippen molar-refractivity contribution in [3.05, 3.63) is 0 Å². The maximum Gasteiger partial charge on any atom is 0.460 e. The monoisotopic (exact) mass is 571 g/mol. The molecular formula is C12H10F17NO3S. The van der Waals surface area contributed by atoms with Crippen LogP contribution in [0.3, 0.4) is 0 Å². The average Bonchev–Trinajstić information content (AvgIpc) is 2.59. The minimum absolute atomic E-state index is 0.204. The predicted octanol–water partition coefficient (Wildman–Crippen LogP) is 4.94. The molecule has 0 amide bonds. The minimum atomic E-state index is -8.89. The van der Waals surface area contributed by atoms with Gasteiger partial charge < -0.3 is 5.11 Å². The third-order valence-electron chi connectivity index (χ3n) is 4.05. The van der Waals surface area contributed by atoms with E-state index in [4.69, 9.17) is 5.11 Å². The number of hydrogen-bond acceptors (Lipinski definition) is 3. The molecule has 0 saturated heterocycles. The van der Waals surface area contributed by atoms with Gasteiger partial charge in [0.25, 0.3) is 10.0 Å². The molecule has 0 aromatic heterocycles. The lowest BCUT2D eigenvalue weighted by atomic mass is 9.91. The van der Waals surface area contributed by atoms with E-state index in [0.29, 0.717) is 6.92 Å². The first-order valence-electron chi connectivity index (χ1n) is 7.80. The van der Waals surface area contributed by atoms with Crippen LogP contribution in [-0.2, 0) is 10.0 Å². The van der Waals surface area contributed by atoms with Crippen molar-refractivity contribution in [3.8, 4) is 0 Å². The summed E-state index contributed by atoms with van der Waals surface area (Å²) in [5.41, 5.74) is 0. The lowest BCUT2D eigenvalue weighted by Gasteiger charge is -2.43. The Morgan fingerprint density at radius 2 is 0.882 bits per heavy atom. The van der Waals surface area contributed by atoms with Gasteiger partial charge in [-0.3, -0.25) is 0 Å². The van der Waals surface area contributed by atoms with E-state index in [1.807, 2.05) is 0 Å². The van der Waals surface area contributed by atoms with Crippen LogP contribution >= 0.6 is 0 Å². The van der Waals surface area contributed by atoms with Gasteiger partial charge in [0.1, 0.15) is 6.23 Å². The molecule has 0 aliphatic rings. The Morgan fingerprint density at radius 1 is 0.618 bits per heavy atom. The molecule has 1 atom stereocenters. The van der Waals surface area contributed by atoms with Crippen LogP contribution < -0.4 is 0 Å². The number of hydrogen-bond donors (Lipinski definition) is 1. The number of alkyl halides is 17. The molecule has 0 aromatic rings. The van der Waals surface area contributed by atoms with Crippen LogP contribution in [0, 0.1) is 0 Å². The van der Waals surface area contributed by atoms with Gasteiger partial charge in [0.15, 0.2) is 0 Å². The number of aliphatic hydroxyl groups excluding tert-OH is 1. The van der Waals surface area contributed by atoms with E-state index < -0.39 is 74.1 Å². The van der Waals surface area contributed by atoms with Gasteiger partial charge in [-0.15, -0.1) is 0 Å². The van der Waals surface area contributed by atoms with Crippen molar-refractivity contribution in [2.45, 2.75) is 67.0 Å². The van der Waals surface area contributed by atoms with E-state index in [1.54, 1.807) is 0 Å². The van der Waals surface area contributed by atoms with Gasteiger partial charge in [0.2, 0.25) is 0 Å². The third-order valence-corrected chi connectivity index (χ3v) is 6.14.